The number of nitrogens with two attached hydrogens (primary N) is 1. The van der Waals surface area contributed by atoms with Gasteiger partial charge in [0.2, 0.25) is 0 Å². The lowest BCUT2D eigenvalue weighted by molar-refractivity contribution is -0.387. The van der Waals surface area contributed by atoms with Gasteiger partial charge in [-0.2, -0.15) is 0 Å². The van der Waals surface area contributed by atoms with Crippen molar-refractivity contribution < 1.29 is 9.31 Å². The number of halogens is 1. The lowest BCUT2D eigenvalue weighted by Crippen LogP contribution is -2.13. The van der Waals surface area contributed by atoms with Crippen LogP contribution in [0.15, 0.2) is 53.4 Å². The second-order valence-electron chi connectivity index (χ2n) is 4.19. The number of para-hydroxylation sites is 1. The Morgan fingerprint density at radius 3 is 2.50 bits per heavy atom. The predicted molar refractivity (Wildman–Crippen MR) is 77.1 cm³/mol. The van der Waals surface area contributed by atoms with Crippen LogP contribution in [0.3, 0.4) is 0 Å². The normalized spacial score (nSPS) is 12.1. The summed E-state index contributed by atoms with van der Waals surface area (Å²) >= 11 is 1.32. The van der Waals surface area contributed by atoms with Crippen LogP contribution < -0.4 is 5.73 Å². The molecule has 2 aromatic rings. The van der Waals surface area contributed by atoms with Crippen LogP contribution in [0.4, 0.5) is 10.1 Å². The highest BCUT2D eigenvalue weighted by Crippen LogP contribution is 2.31. The standard InChI is InChI=1S/C14H13FN2O2S/c15-11-7-5-10(6-8-11)12(16)9-20-14-4-2-1-3-13(14)17(18)19/h1-8,12H,9,16H2. The quantitative estimate of drug-likeness (QED) is 0.520. The van der Waals surface area contributed by atoms with Crippen molar-refractivity contribution in [2.24, 2.45) is 5.73 Å². The van der Waals surface area contributed by atoms with Crippen LogP contribution in [0.25, 0.3) is 0 Å². The highest BCUT2D eigenvalue weighted by Gasteiger charge is 2.14. The third-order valence-electron chi connectivity index (χ3n) is 2.78. The van der Waals surface area contributed by atoms with Gasteiger partial charge in [0, 0.05) is 17.9 Å². The van der Waals surface area contributed by atoms with Crippen LogP contribution in [0.2, 0.25) is 0 Å². The molecule has 2 aromatic carbocycles. The lowest BCUT2D eigenvalue weighted by Gasteiger charge is -2.11. The van der Waals surface area contributed by atoms with Gasteiger partial charge in [-0.3, -0.25) is 10.1 Å². The number of benzene rings is 2. The van der Waals surface area contributed by atoms with E-state index in [0.717, 1.165) is 5.56 Å². The summed E-state index contributed by atoms with van der Waals surface area (Å²) < 4.78 is 12.8. The fourth-order valence-electron chi connectivity index (χ4n) is 1.72. The van der Waals surface area contributed by atoms with Gasteiger partial charge < -0.3 is 5.73 Å². The zero-order valence-electron chi connectivity index (χ0n) is 10.5. The Kier molecular flexibility index (Phi) is 4.70. The molecule has 0 radical (unpaired) electrons. The number of thioether (sulfide) groups is 1. The Morgan fingerprint density at radius 1 is 1.20 bits per heavy atom. The van der Waals surface area contributed by atoms with E-state index in [1.165, 1.54) is 30.0 Å². The zero-order valence-corrected chi connectivity index (χ0v) is 11.3. The molecule has 1 atom stereocenters. The second kappa shape index (κ2) is 6.49. The van der Waals surface area contributed by atoms with E-state index in [1.807, 2.05) is 0 Å². The molecular formula is C14H13FN2O2S. The van der Waals surface area contributed by atoms with Crippen molar-refractivity contribution in [2.45, 2.75) is 10.9 Å². The number of nitro groups is 1. The molecule has 2 rings (SSSR count). The Balaban J connectivity index is 2.05. The van der Waals surface area contributed by atoms with Crippen LogP contribution in [0.5, 0.6) is 0 Å². The number of nitro benzene ring substituents is 1. The van der Waals surface area contributed by atoms with E-state index in [1.54, 1.807) is 30.3 Å². The molecule has 0 spiro atoms. The van der Waals surface area contributed by atoms with Crippen molar-refractivity contribution in [3.05, 3.63) is 70.0 Å². The summed E-state index contributed by atoms with van der Waals surface area (Å²) in [5, 5.41) is 10.9. The average Bonchev–Trinajstić information content (AvgIpc) is 2.45. The largest absolute Gasteiger partial charge is 0.323 e. The molecule has 0 aliphatic rings. The maximum absolute atomic E-state index is 12.8. The van der Waals surface area contributed by atoms with E-state index in [4.69, 9.17) is 5.73 Å². The first kappa shape index (κ1) is 14.5. The topological polar surface area (TPSA) is 69.2 Å². The van der Waals surface area contributed by atoms with Crippen molar-refractivity contribution in [1.29, 1.82) is 0 Å². The van der Waals surface area contributed by atoms with Gasteiger partial charge in [0.05, 0.1) is 9.82 Å². The van der Waals surface area contributed by atoms with Crippen molar-refractivity contribution in [2.75, 3.05) is 5.75 Å². The summed E-state index contributed by atoms with van der Waals surface area (Å²) in [7, 11) is 0. The van der Waals surface area contributed by atoms with E-state index in [-0.39, 0.29) is 17.5 Å². The highest BCUT2D eigenvalue weighted by atomic mass is 32.2. The molecule has 0 heterocycles. The van der Waals surface area contributed by atoms with Gasteiger partial charge in [-0.25, -0.2) is 4.39 Å². The molecule has 0 fully saturated rings. The first-order chi connectivity index (χ1) is 9.58. The third kappa shape index (κ3) is 3.55. The molecule has 0 aliphatic heterocycles. The molecule has 104 valence electrons. The molecular weight excluding hydrogens is 279 g/mol. The average molecular weight is 292 g/mol. The van der Waals surface area contributed by atoms with E-state index < -0.39 is 4.92 Å². The van der Waals surface area contributed by atoms with E-state index in [0.29, 0.717) is 10.6 Å². The monoisotopic (exact) mass is 292 g/mol. The molecule has 0 saturated heterocycles. The van der Waals surface area contributed by atoms with Gasteiger partial charge in [-0.1, -0.05) is 24.3 Å². The Hall–Kier alpha value is -1.92. The summed E-state index contributed by atoms with van der Waals surface area (Å²) in [5.41, 5.74) is 6.88. The van der Waals surface area contributed by atoms with Gasteiger partial charge in [0.1, 0.15) is 5.82 Å². The summed E-state index contributed by atoms with van der Waals surface area (Å²) in [6.07, 6.45) is 0. The van der Waals surface area contributed by atoms with Crippen LogP contribution in [-0.2, 0) is 0 Å². The first-order valence-corrected chi connectivity index (χ1v) is 6.94. The van der Waals surface area contributed by atoms with E-state index in [2.05, 4.69) is 0 Å². The van der Waals surface area contributed by atoms with Gasteiger partial charge in [0.25, 0.3) is 5.69 Å². The summed E-state index contributed by atoms with van der Waals surface area (Å²) in [6.45, 7) is 0. The molecule has 0 bridgehead atoms. The van der Waals surface area contributed by atoms with Gasteiger partial charge >= 0.3 is 0 Å². The Bertz CT molecular complexity index is 604. The van der Waals surface area contributed by atoms with E-state index >= 15 is 0 Å². The number of nitrogens with zero attached hydrogens (tertiary/aromatic N) is 1. The van der Waals surface area contributed by atoms with Crippen molar-refractivity contribution in [3.63, 3.8) is 0 Å². The van der Waals surface area contributed by atoms with E-state index in [9.17, 15) is 14.5 Å². The maximum atomic E-state index is 12.8. The second-order valence-corrected chi connectivity index (χ2v) is 5.26. The van der Waals surface area contributed by atoms with Crippen LogP contribution in [-0.4, -0.2) is 10.7 Å². The van der Waals surface area contributed by atoms with Crippen LogP contribution >= 0.6 is 11.8 Å². The third-order valence-corrected chi connectivity index (χ3v) is 3.96. The number of rotatable bonds is 5. The van der Waals surface area contributed by atoms with Gasteiger partial charge in [0.15, 0.2) is 0 Å². The molecule has 2 N–H and O–H groups in total. The molecule has 0 aliphatic carbocycles. The smallest absolute Gasteiger partial charge is 0.282 e. The minimum atomic E-state index is -0.411. The minimum absolute atomic E-state index is 0.0730. The predicted octanol–water partition coefficient (Wildman–Crippen LogP) is 3.53. The van der Waals surface area contributed by atoms with Crippen LogP contribution in [0.1, 0.15) is 11.6 Å². The molecule has 0 saturated carbocycles. The fraction of sp³-hybridized carbons (Fsp3) is 0.143. The minimum Gasteiger partial charge on any atom is -0.323 e. The van der Waals surface area contributed by atoms with Gasteiger partial charge in [-0.15, -0.1) is 11.8 Å². The maximum Gasteiger partial charge on any atom is 0.282 e. The molecule has 0 amide bonds. The molecule has 6 heteroatoms. The molecule has 0 aromatic heterocycles. The Labute approximate surface area is 119 Å². The molecule has 1 unspecified atom stereocenters. The lowest BCUT2D eigenvalue weighted by atomic mass is 10.1. The molecule has 4 nitrogen and oxygen atoms in total. The van der Waals surface area contributed by atoms with Crippen molar-refractivity contribution in [1.82, 2.24) is 0 Å². The highest BCUT2D eigenvalue weighted by molar-refractivity contribution is 7.99. The summed E-state index contributed by atoms with van der Waals surface area (Å²) in [6, 6.07) is 12.2. The first-order valence-electron chi connectivity index (χ1n) is 5.95. The fourth-order valence-corrected chi connectivity index (χ4v) is 2.73. The SMILES string of the molecule is NC(CSc1ccccc1[N+](=O)[O-])c1ccc(F)cc1. The number of hydrogen-bond donors (Lipinski definition) is 1. The number of hydrogen-bond acceptors (Lipinski definition) is 4. The van der Waals surface area contributed by atoms with Crippen molar-refractivity contribution in [3.8, 4) is 0 Å². The summed E-state index contributed by atoms with van der Waals surface area (Å²) in [5.74, 6) is 0.170. The van der Waals surface area contributed by atoms with Crippen molar-refractivity contribution >= 4 is 17.4 Å². The Morgan fingerprint density at radius 2 is 1.85 bits per heavy atom. The van der Waals surface area contributed by atoms with Gasteiger partial charge in [-0.05, 0) is 23.8 Å². The zero-order chi connectivity index (χ0) is 14.5. The molecule has 20 heavy (non-hydrogen) atoms. The summed E-state index contributed by atoms with van der Waals surface area (Å²) in [4.78, 5) is 11.1. The van der Waals surface area contributed by atoms with Crippen LogP contribution in [0, 0.1) is 15.9 Å².